The molecule has 23 heavy (non-hydrogen) atoms. The summed E-state index contributed by atoms with van der Waals surface area (Å²) in [5, 5.41) is 24.8. The van der Waals surface area contributed by atoms with Crippen LogP contribution in [0.4, 0.5) is 11.4 Å². The van der Waals surface area contributed by atoms with Gasteiger partial charge in [-0.25, -0.2) is 4.79 Å². The molecule has 0 radical (unpaired) electrons. The number of carbonyl (C=O) groups is 1. The summed E-state index contributed by atoms with van der Waals surface area (Å²) in [5.41, 5.74) is -0.354. The molecular formula is C14H9N3O6. The van der Waals surface area contributed by atoms with Crippen molar-refractivity contribution >= 4 is 23.6 Å². The van der Waals surface area contributed by atoms with E-state index in [9.17, 15) is 25.0 Å². The van der Waals surface area contributed by atoms with Crippen molar-refractivity contribution in [2.24, 2.45) is 5.16 Å². The number of carbonyl (C=O) groups excluding carboxylic acids is 1. The Kier molecular flexibility index (Phi) is 4.72. The number of hydrogen-bond donors (Lipinski definition) is 0. The second kappa shape index (κ2) is 6.89. The number of benzene rings is 2. The van der Waals surface area contributed by atoms with Crippen LogP contribution in [0.25, 0.3) is 0 Å². The maximum Gasteiger partial charge on any atom is 0.365 e. The summed E-state index contributed by atoms with van der Waals surface area (Å²) in [4.78, 5) is 36.5. The number of rotatable bonds is 5. The molecule has 0 N–H and O–H groups in total. The van der Waals surface area contributed by atoms with Crippen molar-refractivity contribution in [1.82, 2.24) is 0 Å². The maximum atomic E-state index is 11.7. The zero-order chi connectivity index (χ0) is 16.8. The molecule has 0 heterocycles. The van der Waals surface area contributed by atoms with Crippen molar-refractivity contribution < 1.29 is 19.5 Å². The molecule has 0 aliphatic rings. The van der Waals surface area contributed by atoms with Gasteiger partial charge in [0.1, 0.15) is 0 Å². The Balaban J connectivity index is 2.12. The standard InChI is InChI=1S/C14H9N3O6/c18-14(10-5-3-6-12(8-10)16(19)20)23-15-9-11-4-1-2-7-13(11)17(21)22/h1-9H/b15-9-. The summed E-state index contributed by atoms with van der Waals surface area (Å²) in [5.74, 6) is -0.913. The van der Waals surface area contributed by atoms with Crippen LogP contribution < -0.4 is 0 Å². The van der Waals surface area contributed by atoms with E-state index in [1.54, 1.807) is 6.07 Å². The molecular weight excluding hydrogens is 306 g/mol. The summed E-state index contributed by atoms with van der Waals surface area (Å²) >= 11 is 0. The van der Waals surface area contributed by atoms with Gasteiger partial charge in [0.05, 0.1) is 27.2 Å². The van der Waals surface area contributed by atoms with Gasteiger partial charge >= 0.3 is 5.97 Å². The molecule has 0 saturated heterocycles. The van der Waals surface area contributed by atoms with Gasteiger partial charge in [0.15, 0.2) is 0 Å². The third-order valence-corrected chi connectivity index (χ3v) is 2.75. The van der Waals surface area contributed by atoms with Crippen LogP contribution in [-0.2, 0) is 4.84 Å². The maximum absolute atomic E-state index is 11.7. The molecule has 0 aromatic heterocycles. The molecule has 0 unspecified atom stereocenters. The first kappa shape index (κ1) is 15.8. The van der Waals surface area contributed by atoms with Crippen molar-refractivity contribution in [3.05, 3.63) is 79.9 Å². The van der Waals surface area contributed by atoms with Crippen LogP contribution >= 0.6 is 0 Å². The predicted molar refractivity (Wildman–Crippen MR) is 79.2 cm³/mol. The van der Waals surface area contributed by atoms with Gasteiger partial charge < -0.3 is 4.84 Å². The fraction of sp³-hybridized carbons (Fsp3) is 0. The fourth-order valence-corrected chi connectivity index (χ4v) is 1.69. The molecule has 116 valence electrons. The highest BCUT2D eigenvalue weighted by Gasteiger charge is 2.13. The van der Waals surface area contributed by atoms with Crippen molar-refractivity contribution in [2.45, 2.75) is 0 Å². The minimum Gasteiger partial charge on any atom is -0.313 e. The molecule has 9 heteroatoms. The van der Waals surface area contributed by atoms with Gasteiger partial charge in [0.25, 0.3) is 11.4 Å². The zero-order valence-electron chi connectivity index (χ0n) is 11.5. The molecule has 2 aromatic rings. The summed E-state index contributed by atoms with van der Waals surface area (Å²) in [7, 11) is 0. The zero-order valence-corrected chi connectivity index (χ0v) is 11.5. The first-order valence-corrected chi connectivity index (χ1v) is 6.21. The van der Waals surface area contributed by atoms with Gasteiger partial charge in [-0.05, 0) is 12.1 Å². The average Bonchev–Trinajstić information content (AvgIpc) is 2.55. The quantitative estimate of drug-likeness (QED) is 0.361. The van der Waals surface area contributed by atoms with Gasteiger partial charge in [-0.3, -0.25) is 20.2 Å². The van der Waals surface area contributed by atoms with Gasteiger partial charge in [-0.15, -0.1) is 0 Å². The number of nitrogens with zero attached hydrogens (tertiary/aromatic N) is 3. The molecule has 2 aromatic carbocycles. The number of oxime groups is 1. The van der Waals surface area contributed by atoms with Crippen LogP contribution in [0.15, 0.2) is 53.7 Å². The van der Waals surface area contributed by atoms with Crippen LogP contribution in [0.1, 0.15) is 15.9 Å². The summed E-state index contributed by atoms with van der Waals surface area (Å²) in [6.07, 6.45) is 1.02. The van der Waals surface area contributed by atoms with E-state index in [4.69, 9.17) is 0 Å². The first-order chi connectivity index (χ1) is 11.0. The first-order valence-electron chi connectivity index (χ1n) is 6.21. The van der Waals surface area contributed by atoms with E-state index in [-0.39, 0.29) is 22.5 Å². The molecule has 0 aliphatic carbocycles. The van der Waals surface area contributed by atoms with E-state index in [2.05, 4.69) is 9.99 Å². The Morgan fingerprint density at radius 1 is 1.04 bits per heavy atom. The van der Waals surface area contributed by atoms with Gasteiger partial charge in [-0.1, -0.05) is 23.4 Å². The van der Waals surface area contributed by atoms with Crippen LogP contribution in [0.3, 0.4) is 0 Å². The lowest BCUT2D eigenvalue weighted by Gasteiger charge is -1.98. The minimum absolute atomic E-state index is 0.0566. The Hall–Kier alpha value is -3.62. The lowest BCUT2D eigenvalue weighted by molar-refractivity contribution is -0.385. The van der Waals surface area contributed by atoms with Crippen LogP contribution in [0, 0.1) is 20.2 Å². The average molecular weight is 315 g/mol. The van der Waals surface area contributed by atoms with E-state index in [0.29, 0.717) is 0 Å². The monoisotopic (exact) mass is 315 g/mol. The van der Waals surface area contributed by atoms with Crippen molar-refractivity contribution in [3.63, 3.8) is 0 Å². The SMILES string of the molecule is O=C(O/N=C\c1ccccc1[N+](=O)[O-])c1cccc([N+](=O)[O-])c1. The second-order valence-electron chi connectivity index (χ2n) is 4.24. The molecule has 2 rings (SSSR count). The van der Waals surface area contributed by atoms with E-state index in [1.807, 2.05) is 0 Å². The summed E-state index contributed by atoms with van der Waals surface area (Å²) in [6.45, 7) is 0. The Morgan fingerprint density at radius 3 is 2.48 bits per heavy atom. The Morgan fingerprint density at radius 2 is 1.78 bits per heavy atom. The predicted octanol–water partition coefficient (Wildman–Crippen LogP) is 2.69. The molecule has 0 saturated carbocycles. The van der Waals surface area contributed by atoms with Crippen LogP contribution in [0.5, 0.6) is 0 Å². The molecule has 0 amide bonds. The molecule has 0 bridgehead atoms. The minimum atomic E-state index is -0.913. The largest absolute Gasteiger partial charge is 0.365 e. The highest BCUT2D eigenvalue weighted by molar-refractivity contribution is 5.91. The van der Waals surface area contributed by atoms with E-state index >= 15 is 0 Å². The van der Waals surface area contributed by atoms with Crippen molar-refractivity contribution in [1.29, 1.82) is 0 Å². The smallest absolute Gasteiger partial charge is 0.313 e. The highest BCUT2D eigenvalue weighted by Crippen LogP contribution is 2.16. The van der Waals surface area contributed by atoms with Gasteiger partial charge in [0.2, 0.25) is 0 Å². The summed E-state index contributed by atoms with van der Waals surface area (Å²) < 4.78 is 0. The third-order valence-electron chi connectivity index (χ3n) is 2.75. The number of nitro benzene ring substituents is 2. The van der Waals surface area contributed by atoms with E-state index in [1.165, 1.54) is 36.4 Å². The lowest BCUT2D eigenvalue weighted by Crippen LogP contribution is -2.02. The molecule has 9 nitrogen and oxygen atoms in total. The summed E-state index contributed by atoms with van der Waals surface area (Å²) in [6, 6.07) is 10.7. The second-order valence-corrected chi connectivity index (χ2v) is 4.24. The number of non-ortho nitro benzene ring substituents is 1. The highest BCUT2D eigenvalue weighted by atomic mass is 16.7. The molecule has 0 spiro atoms. The fourth-order valence-electron chi connectivity index (χ4n) is 1.69. The number of nitro groups is 2. The van der Waals surface area contributed by atoms with Crippen molar-refractivity contribution in [3.8, 4) is 0 Å². The van der Waals surface area contributed by atoms with Crippen molar-refractivity contribution in [2.75, 3.05) is 0 Å². The van der Waals surface area contributed by atoms with Gasteiger partial charge in [-0.2, -0.15) is 0 Å². The normalized spacial score (nSPS) is 10.4. The number of para-hydroxylation sites is 1. The van der Waals surface area contributed by atoms with Crippen LogP contribution in [0.2, 0.25) is 0 Å². The van der Waals surface area contributed by atoms with E-state index in [0.717, 1.165) is 12.3 Å². The Labute approximate surface area is 129 Å². The number of hydrogen-bond acceptors (Lipinski definition) is 7. The molecule has 0 fully saturated rings. The van der Waals surface area contributed by atoms with Gasteiger partial charge in [0, 0.05) is 18.2 Å². The Bertz CT molecular complexity index is 803. The van der Waals surface area contributed by atoms with E-state index < -0.39 is 15.8 Å². The topological polar surface area (TPSA) is 125 Å². The van der Waals surface area contributed by atoms with Crippen LogP contribution in [-0.4, -0.2) is 22.0 Å². The lowest BCUT2D eigenvalue weighted by atomic mass is 10.2. The third kappa shape index (κ3) is 3.94. The molecule has 0 aliphatic heterocycles. The molecule has 0 atom stereocenters.